The van der Waals surface area contributed by atoms with E-state index in [9.17, 15) is 0 Å². The number of rotatable bonds is 6. The van der Waals surface area contributed by atoms with Gasteiger partial charge in [-0.1, -0.05) is 6.92 Å². The number of hydrogen-bond donors (Lipinski definition) is 1. The molecule has 1 aliphatic rings. The number of imidazole rings is 1. The molecule has 124 valence electrons. The second-order valence-electron chi connectivity index (χ2n) is 5.67. The fourth-order valence-electron chi connectivity index (χ4n) is 2.92. The van der Waals surface area contributed by atoms with Crippen molar-refractivity contribution in [2.24, 2.45) is 0 Å². The molecule has 1 N–H and O–H groups in total. The van der Waals surface area contributed by atoms with Crippen LogP contribution in [0.1, 0.15) is 31.0 Å². The summed E-state index contributed by atoms with van der Waals surface area (Å²) >= 11 is 0. The van der Waals surface area contributed by atoms with Gasteiger partial charge in [-0.25, -0.2) is 9.97 Å². The van der Waals surface area contributed by atoms with E-state index in [0.717, 1.165) is 49.9 Å². The standard InChI is InChI=1S/C16H24N6O/c1-3-7-22-8-6-18-14(22)12-21-9-10-23-13(11-21)15-16(17-2)20-5-4-19-15/h4-6,8,13H,3,7,9-12H2,1-2H3,(H,17,20). The topological polar surface area (TPSA) is 68.1 Å². The van der Waals surface area contributed by atoms with E-state index >= 15 is 0 Å². The molecule has 1 atom stereocenters. The van der Waals surface area contributed by atoms with Crippen LogP contribution in [0.2, 0.25) is 0 Å². The molecule has 1 unspecified atom stereocenters. The zero-order valence-corrected chi connectivity index (χ0v) is 13.8. The van der Waals surface area contributed by atoms with E-state index in [1.54, 1.807) is 12.4 Å². The van der Waals surface area contributed by atoms with Gasteiger partial charge < -0.3 is 14.6 Å². The van der Waals surface area contributed by atoms with Crippen LogP contribution in [-0.2, 0) is 17.8 Å². The SMILES string of the molecule is CCCn1ccnc1CN1CCOC(c2nccnc2NC)C1. The van der Waals surface area contributed by atoms with E-state index < -0.39 is 0 Å². The van der Waals surface area contributed by atoms with Crippen molar-refractivity contribution < 1.29 is 4.74 Å². The maximum Gasteiger partial charge on any atom is 0.150 e. The minimum Gasteiger partial charge on any atom is -0.372 e. The molecule has 0 aliphatic carbocycles. The Morgan fingerprint density at radius 1 is 1.26 bits per heavy atom. The lowest BCUT2D eigenvalue weighted by atomic mass is 10.2. The Morgan fingerprint density at radius 3 is 2.96 bits per heavy atom. The van der Waals surface area contributed by atoms with Crippen molar-refractivity contribution in [2.45, 2.75) is 32.5 Å². The number of aryl methyl sites for hydroxylation is 1. The predicted octanol–water partition coefficient (Wildman–Crippen LogP) is 1.70. The van der Waals surface area contributed by atoms with Gasteiger partial charge in [0.25, 0.3) is 0 Å². The monoisotopic (exact) mass is 316 g/mol. The van der Waals surface area contributed by atoms with E-state index in [-0.39, 0.29) is 6.10 Å². The molecule has 2 aromatic heterocycles. The van der Waals surface area contributed by atoms with Crippen molar-refractivity contribution >= 4 is 5.82 Å². The molecule has 0 saturated carbocycles. The molecule has 2 aromatic rings. The Morgan fingerprint density at radius 2 is 2.13 bits per heavy atom. The van der Waals surface area contributed by atoms with Crippen LogP contribution in [-0.4, -0.2) is 51.2 Å². The lowest BCUT2D eigenvalue weighted by Gasteiger charge is -2.32. The van der Waals surface area contributed by atoms with Gasteiger partial charge in [-0.2, -0.15) is 0 Å². The first-order valence-electron chi connectivity index (χ1n) is 8.14. The summed E-state index contributed by atoms with van der Waals surface area (Å²) in [5.74, 6) is 1.90. The minimum atomic E-state index is -0.0607. The van der Waals surface area contributed by atoms with E-state index in [4.69, 9.17) is 4.74 Å². The molecule has 3 heterocycles. The molecule has 23 heavy (non-hydrogen) atoms. The van der Waals surface area contributed by atoms with Crippen LogP contribution in [0.3, 0.4) is 0 Å². The Kier molecular flexibility index (Phi) is 5.19. The molecule has 1 aliphatic heterocycles. The normalized spacial score (nSPS) is 19.0. The van der Waals surface area contributed by atoms with E-state index in [2.05, 4.69) is 42.9 Å². The Balaban J connectivity index is 1.69. The van der Waals surface area contributed by atoms with Gasteiger partial charge in [0.15, 0.2) is 0 Å². The Hall–Kier alpha value is -1.99. The molecule has 0 radical (unpaired) electrons. The zero-order valence-electron chi connectivity index (χ0n) is 13.8. The fourth-order valence-corrected chi connectivity index (χ4v) is 2.92. The maximum absolute atomic E-state index is 5.92. The highest BCUT2D eigenvalue weighted by Crippen LogP contribution is 2.25. The fraction of sp³-hybridized carbons (Fsp3) is 0.562. The average molecular weight is 316 g/mol. The molecule has 0 spiro atoms. The third kappa shape index (κ3) is 3.68. The third-order valence-corrected chi connectivity index (χ3v) is 4.05. The molecular weight excluding hydrogens is 292 g/mol. The number of nitrogens with one attached hydrogen (secondary N) is 1. The number of nitrogens with zero attached hydrogens (tertiary/aromatic N) is 5. The molecule has 0 aromatic carbocycles. The van der Waals surface area contributed by atoms with Crippen LogP contribution in [0.15, 0.2) is 24.8 Å². The van der Waals surface area contributed by atoms with Crippen molar-refractivity contribution in [3.8, 4) is 0 Å². The molecule has 7 nitrogen and oxygen atoms in total. The summed E-state index contributed by atoms with van der Waals surface area (Å²) < 4.78 is 8.15. The molecule has 0 amide bonds. The van der Waals surface area contributed by atoms with Gasteiger partial charge in [-0.15, -0.1) is 0 Å². The quantitative estimate of drug-likeness (QED) is 0.875. The Labute approximate surface area is 136 Å². The van der Waals surface area contributed by atoms with Crippen LogP contribution >= 0.6 is 0 Å². The maximum atomic E-state index is 5.92. The van der Waals surface area contributed by atoms with Gasteiger partial charge in [0.2, 0.25) is 0 Å². The third-order valence-electron chi connectivity index (χ3n) is 4.05. The number of aromatic nitrogens is 4. The lowest BCUT2D eigenvalue weighted by molar-refractivity contribution is -0.0357. The van der Waals surface area contributed by atoms with Gasteiger partial charge in [0, 0.05) is 51.5 Å². The van der Waals surface area contributed by atoms with Crippen LogP contribution in [0.4, 0.5) is 5.82 Å². The first kappa shape index (κ1) is 15.9. The van der Waals surface area contributed by atoms with Crippen molar-refractivity contribution in [3.63, 3.8) is 0 Å². The molecular formula is C16H24N6O. The number of morpholine rings is 1. The summed E-state index contributed by atoms with van der Waals surface area (Å²) in [5.41, 5.74) is 0.872. The smallest absolute Gasteiger partial charge is 0.150 e. The second-order valence-corrected chi connectivity index (χ2v) is 5.67. The van der Waals surface area contributed by atoms with Gasteiger partial charge in [-0.3, -0.25) is 9.88 Å². The number of ether oxygens (including phenoxy) is 1. The highest BCUT2D eigenvalue weighted by Gasteiger charge is 2.26. The van der Waals surface area contributed by atoms with E-state index in [0.29, 0.717) is 6.61 Å². The van der Waals surface area contributed by atoms with Gasteiger partial charge in [0.1, 0.15) is 23.4 Å². The van der Waals surface area contributed by atoms with E-state index in [1.807, 2.05) is 13.2 Å². The van der Waals surface area contributed by atoms with Gasteiger partial charge >= 0.3 is 0 Å². The molecule has 1 fully saturated rings. The highest BCUT2D eigenvalue weighted by atomic mass is 16.5. The lowest BCUT2D eigenvalue weighted by Crippen LogP contribution is -2.39. The van der Waals surface area contributed by atoms with Crippen LogP contribution in [0.5, 0.6) is 0 Å². The first-order chi connectivity index (χ1) is 11.3. The first-order valence-corrected chi connectivity index (χ1v) is 8.14. The Bertz CT molecular complexity index is 629. The number of anilines is 1. The predicted molar refractivity (Wildman–Crippen MR) is 88.1 cm³/mol. The zero-order chi connectivity index (χ0) is 16.1. The summed E-state index contributed by atoms with van der Waals surface area (Å²) in [6.07, 6.45) is 8.39. The second kappa shape index (κ2) is 7.52. The van der Waals surface area contributed by atoms with Gasteiger partial charge in [0.05, 0.1) is 13.2 Å². The van der Waals surface area contributed by atoms with Crippen molar-refractivity contribution in [1.29, 1.82) is 0 Å². The molecule has 1 saturated heterocycles. The summed E-state index contributed by atoms with van der Waals surface area (Å²) in [6.45, 7) is 6.43. The summed E-state index contributed by atoms with van der Waals surface area (Å²) in [5, 5.41) is 3.09. The number of hydrogen-bond acceptors (Lipinski definition) is 6. The van der Waals surface area contributed by atoms with Crippen molar-refractivity contribution in [2.75, 3.05) is 32.1 Å². The molecule has 7 heteroatoms. The van der Waals surface area contributed by atoms with Crippen molar-refractivity contribution in [3.05, 3.63) is 36.3 Å². The largest absolute Gasteiger partial charge is 0.372 e. The highest BCUT2D eigenvalue weighted by molar-refractivity contribution is 5.40. The molecule has 0 bridgehead atoms. The van der Waals surface area contributed by atoms with Gasteiger partial charge in [-0.05, 0) is 6.42 Å². The van der Waals surface area contributed by atoms with Crippen molar-refractivity contribution in [1.82, 2.24) is 24.4 Å². The summed E-state index contributed by atoms with van der Waals surface area (Å²) in [7, 11) is 1.86. The molecule has 3 rings (SSSR count). The summed E-state index contributed by atoms with van der Waals surface area (Å²) in [4.78, 5) is 15.6. The van der Waals surface area contributed by atoms with E-state index in [1.165, 1.54) is 0 Å². The summed E-state index contributed by atoms with van der Waals surface area (Å²) in [6, 6.07) is 0. The van der Waals surface area contributed by atoms with Crippen LogP contribution in [0, 0.1) is 0 Å². The van der Waals surface area contributed by atoms with Crippen LogP contribution in [0.25, 0.3) is 0 Å². The minimum absolute atomic E-state index is 0.0607. The van der Waals surface area contributed by atoms with Crippen LogP contribution < -0.4 is 5.32 Å². The average Bonchev–Trinajstić information content (AvgIpc) is 3.02.